The van der Waals surface area contributed by atoms with Crippen LogP contribution in [0.25, 0.3) is 0 Å². The molecule has 1 N–H and O–H groups in total. The molecule has 0 saturated carbocycles. The number of hydrogen-bond donors (Lipinski definition) is 1. The van der Waals surface area contributed by atoms with Gasteiger partial charge >= 0.3 is 0 Å². The van der Waals surface area contributed by atoms with Crippen molar-refractivity contribution >= 4 is 9.84 Å². The van der Waals surface area contributed by atoms with E-state index >= 15 is 0 Å². The van der Waals surface area contributed by atoms with Crippen LogP contribution >= 0.6 is 0 Å². The number of sulfone groups is 1. The van der Waals surface area contributed by atoms with Crippen molar-refractivity contribution < 1.29 is 8.42 Å². The molecule has 5 nitrogen and oxygen atoms in total. The van der Waals surface area contributed by atoms with Gasteiger partial charge in [-0.15, -0.1) is 0 Å². The number of nitrogens with zero attached hydrogens (tertiary/aromatic N) is 2. The minimum atomic E-state index is -3.32. The minimum absolute atomic E-state index is 0.0991. The van der Waals surface area contributed by atoms with Gasteiger partial charge in [-0.1, -0.05) is 6.07 Å². The Morgan fingerprint density at radius 1 is 1.30 bits per heavy atom. The zero-order valence-electron chi connectivity index (χ0n) is 11.4. The fourth-order valence-electron chi connectivity index (χ4n) is 2.25. The Morgan fingerprint density at radius 3 is 2.95 bits per heavy atom. The predicted molar refractivity (Wildman–Crippen MR) is 77.1 cm³/mol. The zero-order chi connectivity index (χ0) is 14.4. The van der Waals surface area contributed by atoms with E-state index in [0.717, 1.165) is 32.6 Å². The topological polar surface area (TPSA) is 73.2 Å². The molecule has 0 aromatic heterocycles. The lowest BCUT2D eigenvalue weighted by atomic mass is 10.2. The standard InChI is InChI=1S/C14H19N3O2S/c15-12-13-3-1-4-14(11-13)20(18,19)10-9-17-7-2-5-16-6-8-17/h1,3-4,11,16H,2,5-10H2. The number of nitrogens with one attached hydrogen (secondary N) is 1. The molecular formula is C14H19N3O2S. The molecule has 108 valence electrons. The van der Waals surface area contributed by atoms with E-state index in [1.165, 1.54) is 6.07 Å². The van der Waals surface area contributed by atoms with E-state index in [1.54, 1.807) is 18.2 Å². The molecule has 0 aliphatic carbocycles. The third-order valence-corrected chi connectivity index (χ3v) is 5.12. The summed E-state index contributed by atoms with van der Waals surface area (Å²) in [6, 6.07) is 8.19. The molecule has 1 fully saturated rings. The molecule has 2 rings (SSSR count). The van der Waals surface area contributed by atoms with Gasteiger partial charge in [-0.2, -0.15) is 5.26 Å². The molecule has 0 unspecified atom stereocenters. The third-order valence-electron chi connectivity index (χ3n) is 3.43. The smallest absolute Gasteiger partial charge is 0.179 e. The zero-order valence-corrected chi connectivity index (χ0v) is 12.2. The summed E-state index contributed by atoms with van der Waals surface area (Å²) in [6.07, 6.45) is 1.05. The summed E-state index contributed by atoms with van der Waals surface area (Å²) >= 11 is 0. The summed E-state index contributed by atoms with van der Waals surface area (Å²) in [5, 5.41) is 12.1. The van der Waals surface area contributed by atoms with Crippen molar-refractivity contribution in [2.45, 2.75) is 11.3 Å². The van der Waals surface area contributed by atoms with Crippen LogP contribution in [0.1, 0.15) is 12.0 Å². The molecule has 0 atom stereocenters. The van der Waals surface area contributed by atoms with E-state index < -0.39 is 9.84 Å². The van der Waals surface area contributed by atoms with Gasteiger partial charge in [-0.3, -0.25) is 0 Å². The molecule has 0 amide bonds. The fourth-order valence-corrected chi connectivity index (χ4v) is 3.58. The highest BCUT2D eigenvalue weighted by Gasteiger charge is 2.17. The maximum Gasteiger partial charge on any atom is 0.179 e. The van der Waals surface area contributed by atoms with Gasteiger partial charge in [-0.05, 0) is 37.7 Å². The summed E-state index contributed by atoms with van der Waals surface area (Å²) in [5.74, 6) is 0.0991. The van der Waals surface area contributed by atoms with Crippen LogP contribution in [0.3, 0.4) is 0 Å². The predicted octanol–water partition coefficient (Wildman–Crippen LogP) is 0.627. The van der Waals surface area contributed by atoms with Crippen LogP contribution in [0.4, 0.5) is 0 Å². The van der Waals surface area contributed by atoms with E-state index in [1.807, 2.05) is 6.07 Å². The van der Waals surface area contributed by atoms with Crippen molar-refractivity contribution in [1.29, 1.82) is 5.26 Å². The maximum absolute atomic E-state index is 12.3. The average Bonchev–Trinajstić information content (AvgIpc) is 2.74. The van der Waals surface area contributed by atoms with E-state index in [4.69, 9.17) is 5.26 Å². The second kappa shape index (κ2) is 6.84. The maximum atomic E-state index is 12.3. The molecule has 6 heteroatoms. The Labute approximate surface area is 120 Å². The number of hydrogen-bond acceptors (Lipinski definition) is 5. The van der Waals surface area contributed by atoms with E-state index in [-0.39, 0.29) is 10.6 Å². The fraction of sp³-hybridized carbons (Fsp3) is 0.500. The Morgan fingerprint density at radius 2 is 2.15 bits per heavy atom. The van der Waals surface area contributed by atoms with Gasteiger partial charge in [0.05, 0.1) is 22.3 Å². The summed E-state index contributed by atoms with van der Waals surface area (Å²) < 4.78 is 24.6. The van der Waals surface area contributed by atoms with Gasteiger partial charge in [0.25, 0.3) is 0 Å². The van der Waals surface area contributed by atoms with Crippen LogP contribution < -0.4 is 5.32 Å². The lowest BCUT2D eigenvalue weighted by Crippen LogP contribution is -2.32. The first-order valence-electron chi connectivity index (χ1n) is 6.78. The molecule has 1 heterocycles. The van der Waals surface area contributed by atoms with Gasteiger partial charge in [0.2, 0.25) is 0 Å². The Hall–Kier alpha value is -1.42. The van der Waals surface area contributed by atoms with Crippen LogP contribution in [-0.2, 0) is 9.84 Å². The first-order valence-corrected chi connectivity index (χ1v) is 8.43. The molecule has 20 heavy (non-hydrogen) atoms. The van der Waals surface area contributed by atoms with Gasteiger partial charge in [0.15, 0.2) is 9.84 Å². The third kappa shape index (κ3) is 4.04. The first-order chi connectivity index (χ1) is 9.62. The molecule has 0 radical (unpaired) electrons. The van der Waals surface area contributed by atoms with E-state index in [0.29, 0.717) is 12.1 Å². The lowest BCUT2D eigenvalue weighted by molar-refractivity contribution is 0.309. The van der Waals surface area contributed by atoms with Crippen LogP contribution in [0.2, 0.25) is 0 Å². The van der Waals surface area contributed by atoms with Crippen molar-refractivity contribution in [1.82, 2.24) is 10.2 Å². The number of benzene rings is 1. The van der Waals surface area contributed by atoms with Crippen molar-refractivity contribution in [2.75, 3.05) is 38.5 Å². The van der Waals surface area contributed by atoms with Crippen LogP contribution in [0, 0.1) is 11.3 Å². The van der Waals surface area contributed by atoms with Gasteiger partial charge in [0.1, 0.15) is 0 Å². The second-order valence-corrected chi connectivity index (χ2v) is 7.01. The monoisotopic (exact) mass is 293 g/mol. The Kier molecular flexibility index (Phi) is 5.12. The summed E-state index contributed by atoms with van der Waals surface area (Å²) in [4.78, 5) is 2.41. The van der Waals surface area contributed by atoms with E-state index in [9.17, 15) is 8.42 Å². The summed E-state index contributed by atoms with van der Waals surface area (Å²) in [7, 11) is -3.32. The molecule has 1 aliphatic rings. The average molecular weight is 293 g/mol. The highest BCUT2D eigenvalue weighted by atomic mass is 32.2. The highest BCUT2D eigenvalue weighted by Crippen LogP contribution is 2.13. The van der Waals surface area contributed by atoms with E-state index in [2.05, 4.69) is 10.2 Å². The SMILES string of the molecule is N#Cc1cccc(S(=O)(=O)CCN2CCCNCC2)c1. The van der Waals surface area contributed by atoms with Crippen molar-refractivity contribution in [3.8, 4) is 6.07 Å². The molecule has 1 aromatic rings. The van der Waals surface area contributed by atoms with Crippen LogP contribution in [-0.4, -0.2) is 51.8 Å². The van der Waals surface area contributed by atoms with Crippen molar-refractivity contribution in [2.24, 2.45) is 0 Å². The largest absolute Gasteiger partial charge is 0.315 e. The molecule has 0 spiro atoms. The van der Waals surface area contributed by atoms with Gasteiger partial charge in [-0.25, -0.2) is 8.42 Å². The lowest BCUT2D eigenvalue weighted by Gasteiger charge is -2.19. The van der Waals surface area contributed by atoms with Gasteiger partial charge < -0.3 is 10.2 Å². The normalized spacial score (nSPS) is 17.4. The second-order valence-electron chi connectivity index (χ2n) is 4.90. The molecule has 1 saturated heterocycles. The molecule has 1 aliphatic heterocycles. The van der Waals surface area contributed by atoms with Crippen molar-refractivity contribution in [3.63, 3.8) is 0 Å². The van der Waals surface area contributed by atoms with Crippen LogP contribution in [0.5, 0.6) is 0 Å². The highest BCUT2D eigenvalue weighted by molar-refractivity contribution is 7.91. The quantitative estimate of drug-likeness (QED) is 0.881. The molecular weight excluding hydrogens is 274 g/mol. The van der Waals surface area contributed by atoms with Gasteiger partial charge in [0, 0.05) is 19.6 Å². The molecule has 0 bridgehead atoms. The summed E-state index contributed by atoms with van der Waals surface area (Å²) in [5.41, 5.74) is 0.380. The van der Waals surface area contributed by atoms with Crippen LogP contribution in [0.15, 0.2) is 29.2 Å². The Bertz CT molecular complexity index is 585. The minimum Gasteiger partial charge on any atom is -0.315 e. The summed E-state index contributed by atoms with van der Waals surface area (Å²) in [6.45, 7) is 4.26. The number of rotatable bonds is 4. The Balaban J connectivity index is 2.01. The first kappa shape index (κ1) is 15.0. The molecule has 1 aromatic carbocycles. The number of nitriles is 1. The van der Waals surface area contributed by atoms with Crippen molar-refractivity contribution in [3.05, 3.63) is 29.8 Å².